The van der Waals surface area contributed by atoms with Gasteiger partial charge in [-0.25, -0.2) is 0 Å². The standard InChI is InChI=1S/C19H18ClNO5S/c1-19(2,13-6-4-3-5-7-13)27(23,24)26-17-15(22)16(25-18(17)21)12-8-10-14(20)11-9-12/h3-11,22H,21H2,1-2H3. The molecule has 0 radical (unpaired) electrons. The number of aromatic hydroxyl groups is 1. The third kappa shape index (κ3) is 3.48. The molecule has 0 aliphatic carbocycles. The number of anilines is 1. The second kappa shape index (κ2) is 6.83. The Kier molecular flexibility index (Phi) is 4.84. The first kappa shape index (κ1) is 19.1. The van der Waals surface area contributed by atoms with Crippen molar-refractivity contribution < 1.29 is 22.1 Å². The van der Waals surface area contributed by atoms with Gasteiger partial charge in [-0.3, -0.25) is 0 Å². The lowest BCUT2D eigenvalue weighted by Gasteiger charge is -2.24. The fourth-order valence-corrected chi connectivity index (χ4v) is 3.64. The highest BCUT2D eigenvalue weighted by Gasteiger charge is 2.40. The molecule has 142 valence electrons. The summed E-state index contributed by atoms with van der Waals surface area (Å²) in [6.45, 7) is 3.01. The predicted molar refractivity (Wildman–Crippen MR) is 104 cm³/mol. The molecule has 6 nitrogen and oxygen atoms in total. The SMILES string of the molecule is CC(C)(c1ccccc1)S(=O)(=O)Oc1c(N)oc(-c2ccc(Cl)cc2)c1O. The number of rotatable bonds is 5. The molecule has 0 saturated heterocycles. The van der Waals surface area contributed by atoms with E-state index in [0.717, 1.165) is 0 Å². The minimum absolute atomic E-state index is 0.00751. The zero-order chi connectivity index (χ0) is 19.8. The summed E-state index contributed by atoms with van der Waals surface area (Å²) >= 11 is 5.85. The summed E-state index contributed by atoms with van der Waals surface area (Å²) in [5.41, 5.74) is 6.76. The van der Waals surface area contributed by atoms with Crippen LogP contribution in [0.1, 0.15) is 19.4 Å². The first-order valence-corrected chi connectivity index (χ1v) is 9.79. The van der Waals surface area contributed by atoms with Crippen LogP contribution >= 0.6 is 11.6 Å². The van der Waals surface area contributed by atoms with E-state index in [1.807, 2.05) is 0 Å². The van der Waals surface area contributed by atoms with E-state index in [-0.39, 0.29) is 11.6 Å². The van der Waals surface area contributed by atoms with Gasteiger partial charge in [0.25, 0.3) is 0 Å². The zero-order valence-electron chi connectivity index (χ0n) is 14.6. The van der Waals surface area contributed by atoms with Crippen LogP contribution < -0.4 is 9.92 Å². The molecule has 8 heteroatoms. The second-order valence-corrected chi connectivity index (χ2v) is 8.93. The number of furan rings is 1. The molecule has 3 rings (SSSR count). The van der Waals surface area contributed by atoms with Gasteiger partial charge in [-0.2, -0.15) is 8.42 Å². The van der Waals surface area contributed by atoms with Gasteiger partial charge in [0.1, 0.15) is 4.75 Å². The van der Waals surface area contributed by atoms with Crippen molar-refractivity contribution >= 4 is 27.6 Å². The van der Waals surface area contributed by atoms with Crippen molar-refractivity contribution in [2.45, 2.75) is 18.6 Å². The Morgan fingerprint density at radius 1 is 1.07 bits per heavy atom. The summed E-state index contributed by atoms with van der Waals surface area (Å²) in [4.78, 5) is 0. The van der Waals surface area contributed by atoms with Gasteiger partial charge in [0, 0.05) is 10.6 Å². The van der Waals surface area contributed by atoms with Gasteiger partial charge in [0.15, 0.2) is 5.76 Å². The van der Waals surface area contributed by atoms with Crippen LogP contribution in [0.4, 0.5) is 5.88 Å². The molecule has 0 aliphatic rings. The largest absolute Gasteiger partial charge is 0.501 e. The average molecular weight is 408 g/mol. The lowest BCUT2D eigenvalue weighted by Crippen LogP contribution is -2.33. The molecule has 0 bridgehead atoms. The van der Waals surface area contributed by atoms with Crippen molar-refractivity contribution in [3.63, 3.8) is 0 Å². The molecule has 0 atom stereocenters. The number of hydrogen-bond acceptors (Lipinski definition) is 6. The lowest BCUT2D eigenvalue weighted by molar-refractivity contribution is 0.418. The molecule has 2 aromatic carbocycles. The Morgan fingerprint density at radius 3 is 2.26 bits per heavy atom. The summed E-state index contributed by atoms with van der Waals surface area (Å²) in [7, 11) is -4.21. The third-order valence-electron chi connectivity index (χ3n) is 4.26. The van der Waals surface area contributed by atoms with Gasteiger partial charge in [-0.05, 0) is 43.7 Å². The highest BCUT2D eigenvalue weighted by atomic mass is 35.5. The number of halogens is 1. The summed E-state index contributed by atoms with van der Waals surface area (Å²) < 4.78 is 34.9. The van der Waals surface area contributed by atoms with E-state index in [1.165, 1.54) is 13.8 Å². The average Bonchev–Trinajstić information content (AvgIpc) is 2.91. The molecule has 0 fully saturated rings. The van der Waals surface area contributed by atoms with E-state index in [1.54, 1.807) is 54.6 Å². The normalized spacial score (nSPS) is 12.1. The molecular weight excluding hydrogens is 390 g/mol. The second-order valence-electron chi connectivity index (χ2n) is 6.39. The maximum absolute atomic E-state index is 12.9. The van der Waals surface area contributed by atoms with Gasteiger partial charge in [-0.15, -0.1) is 0 Å². The number of hydrogen-bond donors (Lipinski definition) is 2. The van der Waals surface area contributed by atoms with E-state index in [0.29, 0.717) is 16.1 Å². The first-order valence-electron chi connectivity index (χ1n) is 8.00. The maximum atomic E-state index is 12.9. The fourth-order valence-electron chi connectivity index (χ4n) is 2.50. The third-order valence-corrected chi connectivity index (χ3v) is 6.38. The molecule has 0 spiro atoms. The molecule has 0 amide bonds. The Morgan fingerprint density at radius 2 is 1.67 bits per heavy atom. The highest BCUT2D eigenvalue weighted by molar-refractivity contribution is 7.88. The predicted octanol–water partition coefficient (Wildman–Crippen LogP) is 4.53. The molecule has 1 heterocycles. The molecular formula is C19H18ClNO5S. The van der Waals surface area contributed by atoms with Crippen molar-refractivity contribution in [3.05, 3.63) is 65.2 Å². The van der Waals surface area contributed by atoms with Crippen LogP contribution in [-0.4, -0.2) is 13.5 Å². The van der Waals surface area contributed by atoms with Crippen molar-refractivity contribution in [2.24, 2.45) is 0 Å². The molecule has 27 heavy (non-hydrogen) atoms. The summed E-state index contributed by atoms with van der Waals surface area (Å²) in [5, 5.41) is 10.9. The molecule has 0 unspecified atom stereocenters. The van der Waals surface area contributed by atoms with Crippen LogP contribution in [0, 0.1) is 0 Å². The van der Waals surface area contributed by atoms with Crippen molar-refractivity contribution in [2.75, 3.05) is 5.73 Å². The highest BCUT2D eigenvalue weighted by Crippen LogP contribution is 2.46. The van der Waals surface area contributed by atoms with Crippen molar-refractivity contribution in [1.82, 2.24) is 0 Å². The van der Waals surface area contributed by atoms with Gasteiger partial charge in [0.05, 0.1) is 0 Å². The monoisotopic (exact) mass is 407 g/mol. The minimum Gasteiger partial charge on any atom is -0.501 e. The molecule has 1 aromatic heterocycles. The fraction of sp³-hybridized carbons (Fsp3) is 0.158. The first-order chi connectivity index (χ1) is 12.6. The van der Waals surface area contributed by atoms with Crippen molar-refractivity contribution in [1.29, 1.82) is 0 Å². The minimum atomic E-state index is -4.21. The lowest BCUT2D eigenvalue weighted by atomic mass is 10.0. The van der Waals surface area contributed by atoms with E-state index in [9.17, 15) is 13.5 Å². The number of nitrogen functional groups attached to an aromatic ring is 1. The van der Waals surface area contributed by atoms with Crippen LogP contribution in [0.5, 0.6) is 11.5 Å². The summed E-state index contributed by atoms with van der Waals surface area (Å²) in [5.74, 6) is -1.29. The van der Waals surface area contributed by atoms with Crippen LogP contribution in [-0.2, 0) is 14.9 Å². The molecule has 3 aromatic rings. The Bertz CT molecular complexity index is 1060. The Hall–Kier alpha value is -2.64. The smallest absolute Gasteiger partial charge is 0.319 e. The molecule has 3 N–H and O–H groups in total. The molecule has 0 saturated carbocycles. The Labute approximate surface area is 162 Å². The van der Waals surface area contributed by atoms with Gasteiger partial charge in [-0.1, -0.05) is 41.9 Å². The van der Waals surface area contributed by atoms with E-state index >= 15 is 0 Å². The van der Waals surface area contributed by atoms with Crippen LogP contribution in [0.2, 0.25) is 5.02 Å². The van der Waals surface area contributed by atoms with Crippen molar-refractivity contribution in [3.8, 4) is 22.8 Å². The topological polar surface area (TPSA) is 103 Å². The van der Waals surface area contributed by atoms with Gasteiger partial charge < -0.3 is 19.4 Å². The molecule has 0 aliphatic heterocycles. The summed E-state index contributed by atoms with van der Waals surface area (Å²) in [6, 6.07) is 15.0. The Balaban J connectivity index is 1.99. The van der Waals surface area contributed by atoms with Crippen LogP contribution in [0.3, 0.4) is 0 Å². The van der Waals surface area contributed by atoms with E-state index in [4.69, 9.17) is 25.9 Å². The maximum Gasteiger partial charge on any atom is 0.319 e. The van der Waals surface area contributed by atoms with Crippen LogP contribution in [0.15, 0.2) is 59.0 Å². The van der Waals surface area contributed by atoms with Gasteiger partial charge in [0.2, 0.25) is 17.4 Å². The number of nitrogens with two attached hydrogens (primary N) is 1. The van der Waals surface area contributed by atoms with Crippen LogP contribution in [0.25, 0.3) is 11.3 Å². The number of benzene rings is 2. The summed E-state index contributed by atoms with van der Waals surface area (Å²) in [6.07, 6.45) is 0. The van der Waals surface area contributed by atoms with Gasteiger partial charge >= 0.3 is 10.1 Å². The quantitative estimate of drug-likeness (QED) is 0.602. The van der Waals surface area contributed by atoms with E-state index in [2.05, 4.69) is 0 Å². The zero-order valence-corrected chi connectivity index (χ0v) is 16.2. The van der Waals surface area contributed by atoms with E-state index < -0.39 is 26.4 Å².